The van der Waals surface area contributed by atoms with E-state index in [1.807, 2.05) is 20.8 Å². The molecule has 1 saturated carbocycles. The third-order valence-electron chi connectivity index (χ3n) is 6.40. The van der Waals surface area contributed by atoms with Crippen LogP contribution in [0.5, 0.6) is 0 Å². The van der Waals surface area contributed by atoms with Gasteiger partial charge < -0.3 is 19.3 Å². The Labute approximate surface area is 249 Å². The molecule has 3 rings (SSSR count). The largest absolute Gasteiger partial charge is 0.444 e. The summed E-state index contributed by atoms with van der Waals surface area (Å²) in [6.45, 7) is 12.3. The molecule has 0 bridgehead atoms. The normalized spacial score (nSPS) is 21.2. The van der Waals surface area contributed by atoms with Gasteiger partial charge in [-0.25, -0.2) is 27.2 Å². The van der Waals surface area contributed by atoms with E-state index in [4.69, 9.17) is 9.47 Å². The van der Waals surface area contributed by atoms with E-state index in [1.54, 1.807) is 25.7 Å². The molecule has 0 radical (unpaired) electrons. The summed E-state index contributed by atoms with van der Waals surface area (Å²) in [6, 6.07) is 0. The number of ether oxygens (including phenoxy) is 2. The first-order valence-corrected chi connectivity index (χ1v) is 14.5. The monoisotopic (exact) mass is 618 g/mol. The maximum atomic E-state index is 13.1. The van der Waals surface area contributed by atoms with Gasteiger partial charge in [-0.1, -0.05) is 12.8 Å². The second-order valence-corrected chi connectivity index (χ2v) is 12.8. The van der Waals surface area contributed by atoms with E-state index in [0.29, 0.717) is 51.7 Å². The standard InChI is InChI=1S/C11H19F2NO2.C11H19NO3.C7H12F2.ClH/c1-10(2,3)16-9(15)14-7-4-5-11(12,13)6-8-14;1-11(2,3)15-10(14)12-7-4-5-9(13)6-8-12;8-7(9)5-3-1-2-4-6-7;/h4-8H2,1-3H3;4-8H2,1-3H3;1-6H2;1H. The average Bonchev–Trinajstić information content (AvgIpc) is 3.21. The number of carbonyl (C=O) groups is 3. The van der Waals surface area contributed by atoms with Crippen LogP contribution in [-0.2, 0) is 14.3 Å². The van der Waals surface area contributed by atoms with Gasteiger partial charge in [0.05, 0.1) is 0 Å². The van der Waals surface area contributed by atoms with Crippen LogP contribution >= 0.6 is 12.4 Å². The van der Waals surface area contributed by atoms with Crippen LogP contribution in [-0.4, -0.2) is 77.0 Å². The molecule has 2 aliphatic heterocycles. The summed E-state index contributed by atoms with van der Waals surface area (Å²) in [5, 5.41) is 0. The molecule has 7 nitrogen and oxygen atoms in total. The topological polar surface area (TPSA) is 76.1 Å². The van der Waals surface area contributed by atoms with Crippen molar-refractivity contribution in [3.05, 3.63) is 0 Å². The molecule has 0 aromatic heterocycles. The Morgan fingerprint density at radius 1 is 0.610 bits per heavy atom. The van der Waals surface area contributed by atoms with Gasteiger partial charge in [-0.3, -0.25) is 4.79 Å². The molecule has 2 amide bonds. The first-order valence-electron chi connectivity index (χ1n) is 14.5. The molecule has 3 aliphatic rings. The number of rotatable bonds is 0. The van der Waals surface area contributed by atoms with E-state index >= 15 is 0 Å². The number of amides is 2. The molecule has 0 aromatic carbocycles. The first-order chi connectivity index (χ1) is 18.3. The van der Waals surface area contributed by atoms with Gasteiger partial charge in [0.15, 0.2) is 0 Å². The maximum Gasteiger partial charge on any atom is 0.410 e. The van der Waals surface area contributed by atoms with Gasteiger partial charge in [-0.15, -0.1) is 12.4 Å². The van der Waals surface area contributed by atoms with Gasteiger partial charge in [0.1, 0.15) is 17.0 Å². The number of ketones is 1. The van der Waals surface area contributed by atoms with Crippen molar-refractivity contribution in [1.29, 1.82) is 0 Å². The van der Waals surface area contributed by atoms with Gasteiger partial charge in [-0.2, -0.15) is 0 Å². The van der Waals surface area contributed by atoms with Crippen molar-refractivity contribution in [3.63, 3.8) is 0 Å². The minimum Gasteiger partial charge on any atom is -0.444 e. The smallest absolute Gasteiger partial charge is 0.410 e. The lowest BCUT2D eigenvalue weighted by atomic mass is 10.1. The van der Waals surface area contributed by atoms with Crippen molar-refractivity contribution < 1.29 is 41.4 Å². The highest BCUT2D eigenvalue weighted by atomic mass is 35.5. The Morgan fingerprint density at radius 2 is 1.02 bits per heavy atom. The summed E-state index contributed by atoms with van der Waals surface area (Å²) in [5.74, 6) is -4.74. The van der Waals surface area contributed by atoms with Crippen LogP contribution in [0.15, 0.2) is 0 Å². The molecule has 242 valence electrons. The first kappa shape index (κ1) is 39.2. The molecule has 2 saturated heterocycles. The number of likely N-dealkylation sites (tertiary alicyclic amines) is 2. The van der Waals surface area contributed by atoms with Crippen molar-refractivity contribution >= 4 is 30.4 Å². The number of alkyl halides is 4. The third kappa shape index (κ3) is 19.1. The number of halogens is 5. The fraction of sp³-hybridized carbons (Fsp3) is 0.897. The molecule has 12 heteroatoms. The molecular weight excluding hydrogens is 568 g/mol. The highest BCUT2D eigenvalue weighted by molar-refractivity contribution is 5.85. The van der Waals surface area contributed by atoms with Gasteiger partial charge in [0, 0.05) is 64.7 Å². The highest BCUT2D eigenvalue weighted by Gasteiger charge is 2.34. The quantitative estimate of drug-likeness (QED) is 0.201. The van der Waals surface area contributed by atoms with Crippen molar-refractivity contribution in [2.45, 2.75) is 142 Å². The van der Waals surface area contributed by atoms with Crippen LogP contribution in [0.3, 0.4) is 0 Å². The van der Waals surface area contributed by atoms with E-state index in [0.717, 1.165) is 19.3 Å². The SMILES string of the molecule is CC(C)(C)OC(=O)N1CCCC(=O)CC1.CC(C)(C)OC(=O)N1CCCC(F)(F)CC1.Cl.FC1(F)CCCCCC1. The second kappa shape index (κ2) is 17.4. The fourth-order valence-electron chi connectivity index (χ4n) is 4.29. The van der Waals surface area contributed by atoms with Crippen LogP contribution < -0.4 is 0 Å². The van der Waals surface area contributed by atoms with E-state index in [9.17, 15) is 31.9 Å². The zero-order valence-corrected chi connectivity index (χ0v) is 26.5. The van der Waals surface area contributed by atoms with E-state index in [1.165, 1.54) is 4.90 Å². The molecule has 2 heterocycles. The zero-order valence-electron chi connectivity index (χ0n) is 25.7. The second-order valence-electron chi connectivity index (χ2n) is 12.8. The number of hydrogen-bond acceptors (Lipinski definition) is 5. The lowest BCUT2D eigenvalue weighted by Gasteiger charge is -2.26. The number of carbonyl (C=O) groups excluding carboxylic acids is 3. The average molecular weight is 619 g/mol. The molecule has 0 atom stereocenters. The number of hydrogen-bond donors (Lipinski definition) is 0. The maximum absolute atomic E-state index is 13.1. The van der Waals surface area contributed by atoms with Crippen LogP contribution in [0.1, 0.15) is 119 Å². The molecule has 0 aromatic rings. The number of Topliss-reactive ketones (excluding diaryl/α,β-unsaturated/α-hetero) is 1. The van der Waals surface area contributed by atoms with E-state index < -0.39 is 29.1 Å². The zero-order chi connectivity index (χ0) is 30.6. The molecule has 3 fully saturated rings. The molecule has 0 N–H and O–H groups in total. The minimum atomic E-state index is -2.64. The predicted octanol–water partition coefficient (Wildman–Crippen LogP) is 8.42. The van der Waals surface area contributed by atoms with Gasteiger partial charge in [0.2, 0.25) is 11.8 Å². The van der Waals surface area contributed by atoms with Crippen LogP contribution in [0.4, 0.5) is 27.2 Å². The lowest BCUT2D eigenvalue weighted by Crippen LogP contribution is -2.37. The minimum absolute atomic E-state index is 0. The van der Waals surface area contributed by atoms with Gasteiger partial charge >= 0.3 is 12.2 Å². The highest BCUT2D eigenvalue weighted by Crippen LogP contribution is 2.31. The summed E-state index contributed by atoms with van der Waals surface area (Å²) in [7, 11) is 0. The van der Waals surface area contributed by atoms with Gasteiger partial charge in [0.25, 0.3) is 0 Å². The molecular formula is C29H51ClF4N2O5. The molecule has 0 unspecified atom stereocenters. The Hall–Kier alpha value is -1.78. The summed E-state index contributed by atoms with van der Waals surface area (Å²) in [5.41, 5.74) is -1.04. The Bertz CT molecular complexity index is 806. The fourth-order valence-corrected chi connectivity index (χ4v) is 4.29. The summed E-state index contributed by atoms with van der Waals surface area (Å²) in [4.78, 5) is 37.4. The molecule has 0 spiro atoms. The van der Waals surface area contributed by atoms with Crippen LogP contribution in [0, 0.1) is 0 Å². The lowest BCUT2D eigenvalue weighted by molar-refractivity contribution is -0.118. The third-order valence-corrected chi connectivity index (χ3v) is 6.40. The van der Waals surface area contributed by atoms with Crippen LogP contribution in [0.2, 0.25) is 0 Å². The summed E-state index contributed by atoms with van der Waals surface area (Å²) in [6.07, 6.45) is 4.55. The van der Waals surface area contributed by atoms with Crippen LogP contribution in [0.25, 0.3) is 0 Å². The Kier molecular flexibility index (Phi) is 16.6. The summed E-state index contributed by atoms with van der Waals surface area (Å²) >= 11 is 0. The van der Waals surface area contributed by atoms with Crippen molar-refractivity contribution in [2.75, 3.05) is 26.2 Å². The van der Waals surface area contributed by atoms with E-state index in [-0.39, 0.29) is 56.5 Å². The van der Waals surface area contributed by atoms with Gasteiger partial charge in [-0.05, 0) is 67.2 Å². The molecule has 1 aliphatic carbocycles. The van der Waals surface area contributed by atoms with Crippen molar-refractivity contribution in [1.82, 2.24) is 9.80 Å². The Morgan fingerprint density at radius 3 is 1.51 bits per heavy atom. The molecule has 41 heavy (non-hydrogen) atoms. The van der Waals surface area contributed by atoms with Crippen molar-refractivity contribution in [3.8, 4) is 0 Å². The summed E-state index contributed by atoms with van der Waals surface area (Å²) < 4.78 is 61.4. The predicted molar refractivity (Wildman–Crippen MR) is 153 cm³/mol. The van der Waals surface area contributed by atoms with E-state index in [2.05, 4.69) is 0 Å². The Balaban J connectivity index is 0.000000599. The van der Waals surface area contributed by atoms with Crippen molar-refractivity contribution in [2.24, 2.45) is 0 Å². The number of nitrogens with zero attached hydrogens (tertiary/aromatic N) is 2.